The van der Waals surface area contributed by atoms with E-state index in [-0.39, 0.29) is 0 Å². The van der Waals surface area contributed by atoms with Gasteiger partial charge < -0.3 is 5.11 Å². The van der Waals surface area contributed by atoms with Crippen molar-refractivity contribution in [3.05, 3.63) is 57.8 Å². The van der Waals surface area contributed by atoms with E-state index in [0.717, 1.165) is 12.0 Å². The van der Waals surface area contributed by atoms with Crippen molar-refractivity contribution >= 4 is 17.3 Å². The molecule has 0 aliphatic rings. The zero-order valence-electron chi connectivity index (χ0n) is 9.59. The molecular formula is C14H14O2S. The van der Waals surface area contributed by atoms with Gasteiger partial charge >= 0.3 is 5.97 Å². The normalized spacial score (nSPS) is 12.3. The quantitative estimate of drug-likeness (QED) is 0.891. The van der Waals surface area contributed by atoms with Gasteiger partial charge in [-0.25, -0.2) is 4.79 Å². The van der Waals surface area contributed by atoms with Gasteiger partial charge in [-0.05, 0) is 35.4 Å². The van der Waals surface area contributed by atoms with Crippen molar-refractivity contribution < 1.29 is 9.90 Å². The molecule has 17 heavy (non-hydrogen) atoms. The summed E-state index contributed by atoms with van der Waals surface area (Å²) < 4.78 is 0. The molecule has 0 aliphatic heterocycles. The van der Waals surface area contributed by atoms with E-state index in [0.29, 0.717) is 11.5 Å². The second kappa shape index (κ2) is 5.15. The minimum atomic E-state index is -0.848. The highest BCUT2D eigenvalue weighted by molar-refractivity contribution is 7.10. The molecule has 0 bridgehead atoms. The van der Waals surface area contributed by atoms with E-state index >= 15 is 0 Å². The van der Waals surface area contributed by atoms with Crippen molar-refractivity contribution in [3.8, 4) is 0 Å². The fourth-order valence-electron chi connectivity index (χ4n) is 1.91. The molecule has 0 amide bonds. The van der Waals surface area contributed by atoms with Crippen LogP contribution in [0.5, 0.6) is 0 Å². The Morgan fingerprint density at radius 3 is 2.71 bits per heavy atom. The molecular weight excluding hydrogens is 232 g/mol. The van der Waals surface area contributed by atoms with Crippen LogP contribution in [0.15, 0.2) is 41.8 Å². The predicted molar refractivity (Wildman–Crippen MR) is 69.8 cm³/mol. The molecule has 1 aromatic heterocycles. The third kappa shape index (κ3) is 2.74. The lowest BCUT2D eigenvalue weighted by Gasteiger charge is -2.11. The van der Waals surface area contributed by atoms with E-state index in [1.165, 1.54) is 4.88 Å². The second-order valence-electron chi connectivity index (χ2n) is 4.08. The van der Waals surface area contributed by atoms with E-state index < -0.39 is 5.97 Å². The highest BCUT2D eigenvalue weighted by Crippen LogP contribution is 2.25. The predicted octanol–water partition coefficient (Wildman–Crippen LogP) is 3.79. The van der Waals surface area contributed by atoms with Crippen molar-refractivity contribution in [3.63, 3.8) is 0 Å². The highest BCUT2D eigenvalue weighted by atomic mass is 32.1. The maximum Gasteiger partial charge on any atom is 0.335 e. The van der Waals surface area contributed by atoms with Crippen molar-refractivity contribution in [1.29, 1.82) is 0 Å². The smallest absolute Gasteiger partial charge is 0.335 e. The number of thiophene rings is 1. The summed E-state index contributed by atoms with van der Waals surface area (Å²) in [6.45, 7) is 2.13. The molecule has 0 saturated heterocycles. The lowest BCUT2D eigenvalue weighted by Crippen LogP contribution is -2.05. The van der Waals surface area contributed by atoms with Crippen molar-refractivity contribution in [2.75, 3.05) is 0 Å². The average molecular weight is 246 g/mol. The molecule has 1 aromatic carbocycles. The third-order valence-corrected chi connectivity index (χ3v) is 3.91. The van der Waals surface area contributed by atoms with E-state index in [2.05, 4.69) is 18.4 Å². The molecule has 0 saturated carbocycles. The molecule has 3 heteroatoms. The van der Waals surface area contributed by atoms with Crippen LogP contribution in [0.1, 0.15) is 33.6 Å². The number of carboxylic acids is 1. The number of hydrogen-bond donors (Lipinski definition) is 1. The molecule has 2 nitrogen and oxygen atoms in total. The summed E-state index contributed by atoms with van der Waals surface area (Å²) in [5, 5.41) is 11.2. The SMILES string of the molecule is CC(Cc1ccccc1C(=O)O)c1cccs1. The number of hydrogen-bond acceptors (Lipinski definition) is 2. The summed E-state index contributed by atoms with van der Waals surface area (Å²) in [5.41, 5.74) is 1.32. The fraction of sp³-hybridized carbons (Fsp3) is 0.214. The standard InChI is InChI=1S/C14H14O2S/c1-10(13-7-4-8-17-13)9-11-5-2-3-6-12(11)14(15)16/h2-8,10H,9H2,1H3,(H,15,16). The first kappa shape index (κ1) is 11.9. The molecule has 88 valence electrons. The summed E-state index contributed by atoms with van der Waals surface area (Å²) in [7, 11) is 0. The van der Waals surface area contributed by atoms with Crippen LogP contribution < -0.4 is 0 Å². The van der Waals surface area contributed by atoms with Gasteiger partial charge in [0, 0.05) is 4.88 Å². The number of carbonyl (C=O) groups is 1. The Kier molecular flexibility index (Phi) is 3.59. The summed E-state index contributed by atoms with van der Waals surface area (Å²) in [4.78, 5) is 12.4. The Balaban J connectivity index is 2.21. The lowest BCUT2D eigenvalue weighted by atomic mass is 9.96. The van der Waals surface area contributed by atoms with Gasteiger partial charge in [0.2, 0.25) is 0 Å². The fourth-order valence-corrected chi connectivity index (χ4v) is 2.70. The van der Waals surface area contributed by atoms with Crippen LogP contribution in [0.4, 0.5) is 0 Å². The van der Waals surface area contributed by atoms with Gasteiger partial charge in [0.05, 0.1) is 5.56 Å². The lowest BCUT2D eigenvalue weighted by molar-refractivity contribution is 0.0695. The first-order chi connectivity index (χ1) is 8.18. The summed E-state index contributed by atoms with van der Waals surface area (Å²) in [6, 6.07) is 11.3. The average Bonchev–Trinajstić information content (AvgIpc) is 2.83. The first-order valence-electron chi connectivity index (χ1n) is 5.53. The van der Waals surface area contributed by atoms with Crippen LogP contribution >= 0.6 is 11.3 Å². The van der Waals surface area contributed by atoms with Crippen LogP contribution in [0, 0.1) is 0 Å². The van der Waals surface area contributed by atoms with E-state index in [9.17, 15) is 4.79 Å². The van der Waals surface area contributed by atoms with E-state index in [1.807, 2.05) is 18.2 Å². The summed E-state index contributed by atoms with van der Waals surface area (Å²) >= 11 is 1.72. The number of rotatable bonds is 4. The largest absolute Gasteiger partial charge is 0.478 e. The molecule has 0 aliphatic carbocycles. The molecule has 0 spiro atoms. The van der Waals surface area contributed by atoms with Crippen LogP contribution in [0.3, 0.4) is 0 Å². The Bertz CT molecular complexity index is 503. The van der Waals surface area contributed by atoms with Crippen molar-refractivity contribution in [1.82, 2.24) is 0 Å². The van der Waals surface area contributed by atoms with Crippen LogP contribution in [-0.2, 0) is 6.42 Å². The van der Waals surface area contributed by atoms with Gasteiger partial charge in [-0.1, -0.05) is 31.2 Å². The summed E-state index contributed by atoms with van der Waals surface area (Å²) in [6.07, 6.45) is 0.767. The molecule has 0 fully saturated rings. The maximum atomic E-state index is 11.1. The molecule has 2 aromatic rings. The second-order valence-corrected chi connectivity index (χ2v) is 5.06. The highest BCUT2D eigenvalue weighted by Gasteiger charge is 2.13. The van der Waals surface area contributed by atoms with Crippen LogP contribution in [-0.4, -0.2) is 11.1 Å². The monoisotopic (exact) mass is 246 g/mol. The van der Waals surface area contributed by atoms with E-state index in [1.54, 1.807) is 23.5 Å². The molecule has 1 heterocycles. The van der Waals surface area contributed by atoms with Crippen LogP contribution in [0.25, 0.3) is 0 Å². The van der Waals surface area contributed by atoms with Crippen molar-refractivity contribution in [2.45, 2.75) is 19.3 Å². The van der Waals surface area contributed by atoms with Gasteiger partial charge in [0.1, 0.15) is 0 Å². The summed E-state index contributed by atoms with van der Waals surface area (Å²) in [5.74, 6) is -0.491. The number of benzene rings is 1. The topological polar surface area (TPSA) is 37.3 Å². The van der Waals surface area contributed by atoms with Crippen molar-refractivity contribution in [2.24, 2.45) is 0 Å². The van der Waals surface area contributed by atoms with Gasteiger partial charge in [-0.3, -0.25) is 0 Å². The number of aromatic carboxylic acids is 1. The Labute approximate surface area is 105 Å². The minimum Gasteiger partial charge on any atom is -0.478 e. The Morgan fingerprint density at radius 1 is 1.29 bits per heavy atom. The van der Waals surface area contributed by atoms with Gasteiger partial charge in [-0.2, -0.15) is 0 Å². The molecule has 1 unspecified atom stereocenters. The molecule has 1 N–H and O–H groups in total. The zero-order chi connectivity index (χ0) is 12.3. The molecule has 1 atom stereocenters. The maximum absolute atomic E-state index is 11.1. The number of carboxylic acid groups (broad SMARTS) is 1. The van der Waals surface area contributed by atoms with Gasteiger partial charge in [0.15, 0.2) is 0 Å². The minimum absolute atomic E-state index is 0.357. The first-order valence-corrected chi connectivity index (χ1v) is 6.41. The van der Waals surface area contributed by atoms with Crippen LogP contribution in [0.2, 0.25) is 0 Å². The Hall–Kier alpha value is -1.61. The van der Waals surface area contributed by atoms with E-state index in [4.69, 9.17) is 5.11 Å². The zero-order valence-corrected chi connectivity index (χ0v) is 10.4. The molecule has 2 rings (SSSR count). The molecule has 0 radical (unpaired) electrons. The third-order valence-electron chi connectivity index (χ3n) is 2.80. The van der Waals surface area contributed by atoms with Gasteiger partial charge in [0.25, 0.3) is 0 Å². The Morgan fingerprint density at radius 2 is 2.06 bits per heavy atom. The van der Waals surface area contributed by atoms with Gasteiger partial charge in [-0.15, -0.1) is 11.3 Å².